The average molecular weight is 471 g/mol. The van der Waals surface area contributed by atoms with Crippen LogP contribution in [0.15, 0.2) is 34.8 Å². The molecule has 0 aliphatic carbocycles. The lowest BCUT2D eigenvalue weighted by molar-refractivity contribution is 0.278. The number of tetrazole rings is 1. The third-order valence-corrected chi connectivity index (χ3v) is 4.94. The average Bonchev–Trinajstić information content (AvgIpc) is 3.14. The van der Waals surface area contributed by atoms with Gasteiger partial charge in [0.15, 0.2) is 11.5 Å². The zero-order chi connectivity index (χ0) is 20.1. The third kappa shape index (κ3) is 4.53. The molecule has 1 N–H and O–H groups in total. The second-order valence-electron chi connectivity index (χ2n) is 5.77. The summed E-state index contributed by atoms with van der Waals surface area (Å²) in [6.07, 6.45) is 0. The fraction of sp³-hybridized carbons (Fsp3) is 0.278. The van der Waals surface area contributed by atoms with Crippen LogP contribution in [0.2, 0.25) is 5.02 Å². The summed E-state index contributed by atoms with van der Waals surface area (Å²) in [4.78, 5) is 0. The number of aryl methyl sites for hydroxylation is 1. The van der Waals surface area contributed by atoms with Gasteiger partial charge in [0.25, 0.3) is 0 Å². The lowest BCUT2D eigenvalue weighted by Gasteiger charge is -2.15. The van der Waals surface area contributed by atoms with Gasteiger partial charge in [0.05, 0.1) is 16.6 Å². The van der Waals surface area contributed by atoms with Gasteiger partial charge in [-0.15, -0.1) is 0 Å². The van der Waals surface area contributed by atoms with Crippen LogP contribution in [0.4, 0.5) is 10.3 Å². The molecule has 0 unspecified atom stereocenters. The molecule has 0 atom stereocenters. The Hall–Kier alpha value is -2.39. The van der Waals surface area contributed by atoms with Crippen molar-refractivity contribution < 1.29 is 13.9 Å². The molecule has 0 bridgehead atoms. The van der Waals surface area contributed by atoms with Gasteiger partial charge in [0.2, 0.25) is 5.95 Å². The van der Waals surface area contributed by atoms with E-state index in [1.165, 1.54) is 6.07 Å². The molecule has 0 amide bonds. The Morgan fingerprint density at radius 2 is 2.14 bits per heavy atom. The van der Waals surface area contributed by atoms with E-state index in [2.05, 4.69) is 36.8 Å². The number of anilines is 1. The van der Waals surface area contributed by atoms with E-state index in [4.69, 9.17) is 21.1 Å². The first kappa shape index (κ1) is 20.3. The third-order valence-electron chi connectivity index (χ3n) is 3.99. The molecule has 10 heteroatoms. The molecule has 0 spiro atoms. The lowest BCUT2D eigenvalue weighted by atomic mass is 10.2. The smallest absolute Gasteiger partial charge is 0.243 e. The van der Waals surface area contributed by atoms with E-state index in [1.54, 1.807) is 23.9 Å². The molecule has 0 radical (unpaired) electrons. The highest BCUT2D eigenvalue weighted by molar-refractivity contribution is 9.10. The maximum Gasteiger partial charge on any atom is 0.243 e. The first-order chi connectivity index (χ1) is 13.5. The van der Waals surface area contributed by atoms with Gasteiger partial charge in [-0.05, 0) is 63.1 Å². The Labute approximate surface area is 174 Å². The predicted octanol–water partition coefficient (Wildman–Crippen LogP) is 4.45. The molecule has 0 saturated carbocycles. The van der Waals surface area contributed by atoms with Crippen molar-refractivity contribution in [2.75, 3.05) is 12.4 Å². The van der Waals surface area contributed by atoms with Gasteiger partial charge in [0.1, 0.15) is 12.4 Å². The van der Waals surface area contributed by atoms with Crippen LogP contribution >= 0.6 is 27.5 Å². The van der Waals surface area contributed by atoms with Crippen molar-refractivity contribution in [1.29, 1.82) is 0 Å². The Bertz CT molecular complexity index is 949. The van der Waals surface area contributed by atoms with Crippen LogP contribution in [-0.4, -0.2) is 27.3 Å². The maximum absolute atomic E-state index is 14.0. The largest absolute Gasteiger partial charge is 0.493 e. The summed E-state index contributed by atoms with van der Waals surface area (Å²) in [5.74, 6) is 1.13. The number of halogens is 3. The molecule has 0 fully saturated rings. The topological polar surface area (TPSA) is 74.1 Å². The number of methoxy groups -OCH3 is 1. The van der Waals surface area contributed by atoms with Crippen LogP contribution in [0.1, 0.15) is 18.1 Å². The fourth-order valence-electron chi connectivity index (χ4n) is 2.56. The zero-order valence-electron chi connectivity index (χ0n) is 15.2. The second kappa shape index (κ2) is 9.20. The lowest BCUT2D eigenvalue weighted by Crippen LogP contribution is -2.08. The molecular formula is C18H18BrClFN5O2. The summed E-state index contributed by atoms with van der Waals surface area (Å²) in [5.41, 5.74) is 1.21. The van der Waals surface area contributed by atoms with Crippen LogP contribution < -0.4 is 14.8 Å². The van der Waals surface area contributed by atoms with Crippen molar-refractivity contribution in [2.24, 2.45) is 0 Å². The highest BCUT2D eigenvalue weighted by Gasteiger charge is 2.15. The summed E-state index contributed by atoms with van der Waals surface area (Å²) in [5, 5.41) is 14.9. The number of hydrogen-bond acceptors (Lipinski definition) is 6. The molecule has 1 aromatic heterocycles. The molecule has 2 aromatic carbocycles. The van der Waals surface area contributed by atoms with Gasteiger partial charge in [-0.2, -0.15) is 0 Å². The molecular weight excluding hydrogens is 453 g/mol. The molecule has 7 nitrogen and oxygen atoms in total. The van der Waals surface area contributed by atoms with E-state index in [0.29, 0.717) is 40.0 Å². The van der Waals surface area contributed by atoms with Crippen molar-refractivity contribution in [3.8, 4) is 11.5 Å². The molecule has 0 aliphatic heterocycles. The van der Waals surface area contributed by atoms with E-state index in [0.717, 1.165) is 5.56 Å². The van der Waals surface area contributed by atoms with Crippen LogP contribution in [0, 0.1) is 5.82 Å². The molecule has 3 aromatic rings. The second-order valence-corrected chi connectivity index (χ2v) is 7.03. The van der Waals surface area contributed by atoms with Crippen LogP contribution in [0.3, 0.4) is 0 Å². The number of benzene rings is 2. The van der Waals surface area contributed by atoms with Gasteiger partial charge in [-0.25, -0.2) is 9.07 Å². The minimum absolute atomic E-state index is 0.0245. The number of ether oxygens (including phenoxy) is 2. The van der Waals surface area contributed by atoms with E-state index in [1.807, 2.05) is 19.1 Å². The Kier molecular flexibility index (Phi) is 6.69. The van der Waals surface area contributed by atoms with Crippen molar-refractivity contribution >= 4 is 33.5 Å². The molecule has 0 aliphatic rings. The summed E-state index contributed by atoms with van der Waals surface area (Å²) in [6.45, 7) is 3.07. The number of nitrogens with one attached hydrogen (secondary N) is 1. The highest BCUT2D eigenvalue weighted by Crippen LogP contribution is 2.38. The molecule has 3 rings (SSSR count). The fourth-order valence-corrected chi connectivity index (χ4v) is 3.38. The van der Waals surface area contributed by atoms with Gasteiger partial charge >= 0.3 is 0 Å². The standard InChI is InChI=1S/C18H18BrClFN5O2/c1-3-26-18(23-24-25-26)22-9-11-7-13(19)17(16(8-11)27-2)28-10-12-14(20)5-4-6-15(12)21/h4-8H,3,9-10H2,1-2H3,(H,22,23,25). The van der Waals surface area contributed by atoms with E-state index in [-0.39, 0.29) is 12.2 Å². The number of rotatable bonds is 8. The van der Waals surface area contributed by atoms with Crippen LogP contribution in [0.25, 0.3) is 0 Å². The maximum atomic E-state index is 14.0. The normalized spacial score (nSPS) is 10.8. The van der Waals surface area contributed by atoms with Crippen molar-refractivity contribution in [3.05, 3.63) is 56.8 Å². The van der Waals surface area contributed by atoms with E-state index >= 15 is 0 Å². The SMILES string of the molecule is CCn1nnnc1NCc1cc(Br)c(OCc2c(F)cccc2Cl)c(OC)c1. The first-order valence-corrected chi connectivity index (χ1v) is 9.62. The van der Waals surface area contributed by atoms with Gasteiger partial charge in [-0.1, -0.05) is 22.8 Å². The van der Waals surface area contributed by atoms with Crippen molar-refractivity contribution in [2.45, 2.75) is 26.6 Å². The summed E-state index contributed by atoms with van der Waals surface area (Å²) in [7, 11) is 1.54. The predicted molar refractivity (Wildman–Crippen MR) is 107 cm³/mol. The van der Waals surface area contributed by atoms with E-state index in [9.17, 15) is 4.39 Å². The monoisotopic (exact) mass is 469 g/mol. The number of aromatic nitrogens is 4. The summed E-state index contributed by atoms with van der Waals surface area (Å²) < 4.78 is 27.5. The first-order valence-electron chi connectivity index (χ1n) is 8.45. The molecule has 28 heavy (non-hydrogen) atoms. The van der Waals surface area contributed by atoms with Gasteiger partial charge in [0, 0.05) is 18.7 Å². The zero-order valence-corrected chi connectivity index (χ0v) is 17.6. The van der Waals surface area contributed by atoms with Gasteiger partial charge in [-0.3, -0.25) is 0 Å². The Balaban J connectivity index is 1.76. The Morgan fingerprint density at radius 1 is 1.32 bits per heavy atom. The van der Waals surface area contributed by atoms with Crippen LogP contribution in [-0.2, 0) is 19.7 Å². The van der Waals surface area contributed by atoms with Crippen LogP contribution in [0.5, 0.6) is 11.5 Å². The quantitative estimate of drug-likeness (QED) is 0.524. The number of nitrogens with zero attached hydrogens (tertiary/aromatic N) is 4. The minimum atomic E-state index is -0.419. The van der Waals surface area contributed by atoms with Crippen molar-refractivity contribution in [1.82, 2.24) is 20.2 Å². The summed E-state index contributed by atoms with van der Waals surface area (Å²) in [6, 6.07) is 8.22. The highest BCUT2D eigenvalue weighted by atomic mass is 79.9. The minimum Gasteiger partial charge on any atom is -0.493 e. The van der Waals surface area contributed by atoms with Crippen molar-refractivity contribution in [3.63, 3.8) is 0 Å². The molecule has 0 saturated heterocycles. The van der Waals surface area contributed by atoms with E-state index < -0.39 is 5.82 Å². The number of hydrogen-bond donors (Lipinski definition) is 1. The molecule has 1 heterocycles. The summed E-state index contributed by atoms with van der Waals surface area (Å²) >= 11 is 9.55. The molecule has 148 valence electrons. The van der Waals surface area contributed by atoms with Gasteiger partial charge < -0.3 is 14.8 Å². The Morgan fingerprint density at radius 3 is 2.86 bits per heavy atom.